The second kappa shape index (κ2) is 50.4. The Bertz CT molecular complexity index is 1100. The third-order valence-corrected chi connectivity index (χ3v) is 12.6. The number of aliphatic hydroxyl groups excluding tert-OH is 2. The molecule has 0 amide bonds. The Labute approximate surface area is 407 Å². The molecule has 0 bridgehead atoms. The fourth-order valence-corrected chi connectivity index (χ4v) is 8.14. The van der Waals surface area contributed by atoms with Crippen LogP contribution in [0, 0.1) is 5.92 Å². The molecule has 0 spiro atoms. The van der Waals surface area contributed by atoms with Crippen molar-refractivity contribution in [2.75, 3.05) is 13.2 Å². The number of hydrogen-bond donors (Lipinski definition) is 2. The van der Waals surface area contributed by atoms with Crippen LogP contribution >= 0.6 is 0 Å². The summed E-state index contributed by atoms with van der Waals surface area (Å²) in [7, 11) is 0. The predicted octanol–water partition coefficient (Wildman–Crippen LogP) is 16.3. The van der Waals surface area contributed by atoms with Crippen LogP contribution in [0.15, 0.2) is 36.5 Å². The monoisotopic (exact) mass is 931 g/mol. The lowest BCUT2D eigenvalue weighted by molar-refractivity contribution is -0.167. The van der Waals surface area contributed by atoms with Crippen LogP contribution in [-0.4, -0.2) is 59.6 Å². The molecular formula is C58H106O8. The van der Waals surface area contributed by atoms with Crippen molar-refractivity contribution in [3.63, 3.8) is 0 Å². The minimum atomic E-state index is -0.820. The van der Waals surface area contributed by atoms with Gasteiger partial charge in [-0.05, 0) is 95.8 Å². The van der Waals surface area contributed by atoms with Gasteiger partial charge in [-0.1, -0.05) is 205 Å². The van der Waals surface area contributed by atoms with E-state index in [1.807, 2.05) is 0 Å². The normalized spacial score (nSPS) is 13.7. The highest BCUT2D eigenvalue weighted by Crippen LogP contribution is 2.17. The summed E-state index contributed by atoms with van der Waals surface area (Å²) in [5.74, 6) is -0.227. The molecule has 0 aromatic heterocycles. The maximum absolute atomic E-state index is 12.8. The third-order valence-electron chi connectivity index (χ3n) is 12.6. The van der Waals surface area contributed by atoms with E-state index in [4.69, 9.17) is 14.2 Å². The lowest BCUT2D eigenvalue weighted by Gasteiger charge is -2.18. The average molecular weight is 931 g/mol. The molecule has 8 heteroatoms. The molecule has 0 saturated carbocycles. The van der Waals surface area contributed by atoms with Crippen molar-refractivity contribution in [2.24, 2.45) is 5.92 Å². The summed E-state index contributed by atoms with van der Waals surface area (Å²) in [6.45, 7) is 8.79. The summed E-state index contributed by atoms with van der Waals surface area (Å²) >= 11 is 0. The minimum absolute atomic E-state index is 0.114. The molecule has 0 saturated heterocycles. The second-order valence-electron chi connectivity index (χ2n) is 19.5. The van der Waals surface area contributed by atoms with Crippen molar-refractivity contribution in [2.45, 2.75) is 296 Å². The lowest BCUT2D eigenvalue weighted by Crippen LogP contribution is -2.30. The number of esters is 3. The number of carbonyl (C=O) groups is 3. The van der Waals surface area contributed by atoms with E-state index in [-0.39, 0.29) is 49.8 Å². The zero-order valence-corrected chi connectivity index (χ0v) is 43.6. The zero-order valence-electron chi connectivity index (χ0n) is 43.6. The van der Waals surface area contributed by atoms with Crippen LogP contribution in [0.5, 0.6) is 0 Å². The molecule has 4 unspecified atom stereocenters. The van der Waals surface area contributed by atoms with Crippen molar-refractivity contribution in [3.8, 4) is 0 Å². The summed E-state index contributed by atoms with van der Waals surface area (Å²) in [5.41, 5.74) is 0. The smallest absolute Gasteiger partial charge is 0.306 e. The van der Waals surface area contributed by atoms with Crippen LogP contribution in [0.1, 0.15) is 278 Å². The summed E-state index contributed by atoms with van der Waals surface area (Å²) < 4.78 is 16.8. The number of aliphatic hydroxyl groups is 2. The number of unbranched alkanes of at least 4 members (excludes halogenated alkanes) is 24. The minimum Gasteiger partial charge on any atom is -0.462 e. The van der Waals surface area contributed by atoms with Gasteiger partial charge in [-0.25, -0.2) is 0 Å². The Morgan fingerprint density at radius 1 is 0.394 bits per heavy atom. The molecule has 4 atom stereocenters. The average Bonchev–Trinajstić information content (AvgIpc) is 3.30. The number of carbonyl (C=O) groups excluding carboxylic acids is 3. The number of ether oxygens (including phenoxy) is 3. The quantitative estimate of drug-likeness (QED) is 0.0268. The van der Waals surface area contributed by atoms with Crippen molar-refractivity contribution in [1.82, 2.24) is 0 Å². The zero-order chi connectivity index (χ0) is 48.4. The SMILES string of the molecule is CCCCCCC(C)C/C=C/CCCCCCCC(=O)OCC(COC(=O)CCCCCCC/C=C/CC(O)CCCCCC)OC(=O)CCCCCCC/C=C/CC(O)CCCCCC. The standard InChI is InChI=1S/C58H106O8/c1-5-8-11-32-41-52(4)42-33-26-20-14-17-23-29-38-47-56(61)64-50-55(66-58(63)49-40-31-25-19-16-22-28-37-46-54(60)44-35-13-10-7-3)51-65-57(62)48-39-30-24-18-15-21-27-36-45-53(59)43-34-12-9-6-2/h26-28,33,36-37,52-55,59-60H,5-25,29-32,34-35,38-51H2,1-4H3/b33-26+,36-27+,37-28+. The lowest BCUT2D eigenvalue weighted by atomic mass is 9.99. The number of allylic oxidation sites excluding steroid dienone is 4. The van der Waals surface area contributed by atoms with Crippen LogP contribution in [-0.2, 0) is 28.6 Å². The van der Waals surface area contributed by atoms with Crippen molar-refractivity contribution >= 4 is 17.9 Å². The van der Waals surface area contributed by atoms with Crippen LogP contribution in [0.4, 0.5) is 0 Å². The molecule has 386 valence electrons. The molecule has 8 nitrogen and oxygen atoms in total. The Kier molecular flexibility index (Phi) is 48.6. The first kappa shape index (κ1) is 63.5. The van der Waals surface area contributed by atoms with E-state index in [1.165, 1.54) is 83.5 Å². The van der Waals surface area contributed by atoms with Gasteiger partial charge >= 0.3 is 17.9 Å². The van der Waals surface area contributed by atoms with Crippen LogP contribution in [0.2, 0.25) is 0 Å². The van der Waals surface area contributed by atoms with E-state index >= 15 is 0 Å². The highest BCUT2D eigenvalue weighted by atomic mass is 16.6. The first-order valence-electron chi connectivity index (χ1n) is 28.0. The van der Waals surface area contributed by atoms with E-state index in [2.05, 4.69) is 64.2 Å². The Morgan fingerprint density at radius 2 is 0.727 bits per heavy atom. The van der Waals surface area contributed by atoms with Gasteiger partial charge in [0.15, 0.2) is 6.10 Å². The molecule has 0 aliphatic carbocycles. The number of hydrogen-bond acceptors (Lipinski definition) is 8. The number of rotatable bonds is 50. The molecule has 0 aliphatic rings. The second-order valence-corrected chi connectivity index (χ2v) is 19.5. The van der Waals surface area contributed by atoms with E-state index in [0.29, 0.717) is 12.8 Å². The maximum Gasteiger partial charge on any atom is 0.306 e. The Morgan fingerprint density at radius 3 is 1.14 bits per heavy atom. The van der Waals surface area contributed by atoms with Gasteiger partial charge in [-0.3, -0.25) is 14.4 Å². The first-order chi connectivity index (χ1) is 32.2. The Balaban J connectivity index is 4.51. The highest BCUT2D eigenvalue weighted by molar-refractivity contribution is 5.71. The summed E-state index contributed by atoms with van der Waals surface area (Å²) in [6, 6.07) is 0. The molecule has 0 aromatic rings. The molecule has 0 aromatic carbocycles. The predicted molar refractivity (Wildman–Crippen MR) is 277 cm³/mol. The van der Waals surface area contributed by atoms with Gasteiger partial charge in [-0.15, -0.1) is 0 Å². The largest absolute Gasteiger partial charge is 0.462 e. The molecule has 0 rings (SSSR count). The molecule has 66 heavy (non-hydrogen) atoms. The summed E-state index contributed by atoms with van der Waals surface area (Å²) in [5, 5.41) is 20.3. The summed E-state index contributed by atoms with van der Waals surface area (Å²) in [4.78, 5) is 38.1. The van der Waals surface area contributed by atoms with Gasteiger partial charge < -0.3 is 24.4 Å². The van der Waals surface area contributed by atoms with Crippen LogP contribution in [0.25, 0.3) is 0 Å². The van der Waals surface area contributed by atoms with Crippen LogP contribution < -0.4 is 0 Å². The van der Waals surface area contributed by atoms with Gasteiger partial charge in [0, 0.05) is 19.3 Å². The molecule has 0 heterocycles. The fourth-order valence-electron chi connectivity index (χ4n) is 8.14. The van der Waals surface area contributed by atoms with Gasteiger partial charge in [0.25, 0.3) is 0 Å². The van der Waals surface area contributed by atoms with Gasteiger partial charge in [0.1, 0.15) is 13.2 Å². The molecule has 2 N–H and O–H groups in total. The van der Waals surface area contributed by atoms with E-state index in [0.717, 1.165) is 154 Å². The maximum atomic E-state index is 12.8. The van der Waals surface area contributed by atoms with Crippen molar-refractivity contribution < 1.29 is 38.8 Å². The van der Waals surface area contributed by atoms with Gasteiger partial charge in [0.2, 0.25) is 0 Å². The topological polar surface area (TPSA) is 119 Å². The Hall–Kier alpha value is -2.45. The van der Waals surface area contributed by atoms with E-state index in [9.17, 15) is 24.6 Å². The first-order valence-corrected chi connectivity index (χ1v) is 28.0. The van der Waals surface area contributed by atoms with Crippen molar-refractivity contribution in [1.29, 1.82) is 0 Å². The highest BCUT2D eigenvalue weighted by Gasteiger charge is 2.19. The van der Waals surface area contributed by atoms with Crippen molar-refractivity contribution in [3.05, 3.63) is 36.5 Å². The molecule has 0 fully saturated rings. The third kappa shape index (κ3) is 48.0. The summed E-state index contributed by atoms with van der Waals surface area (Å²) in [6.07, 6.45) is 51.6. The molecule has 0 aliphatic heterocycles. The molecular weight excluding hydrogens is 825 g/mol. The van der Waals surface area contributed by atoms with E-state index in [1.54, 1.807) is 0 Å². The van der Waals surface area contributed by atoms with E-state index < -0.39 is 6.10 Å². The molecule has 0 radical (unpaired) electrons. The van der Waals surface area contributed by atoms with Gasteiger partial charge in [-0.2, -0.15) is 0 Å². The fraction of sp³-hybridized carbons (Fsp3) is 0.845. The van der Waals surface area contributed by atoms with Gasteiger partial charge in [0.05, 0.1) is 12.2 Å². The van der Waals surface area contributed by atoms with Crippen LogP contribution in [0.3, 0.4) is 0 Å².